The van der Waals surface area contributed by atoms with E-state index in [1.54, 1.807) is 12.1 Å². The first-order chi connectivity index (χ1) is 9.47. The van der Waals surface area contributed by atoms with Gasteiger partial charge in [0.25, 0.3) is 0 Å². The highest BCUT2D eigenvalue weighted by atomic mass is 32.1. The Balaban J connectivity index is 2.40. The van der Waals surface area contributed by atoms with Crippen LogP contribution >= 0.6 is 12.2 Å². The van der Waals surface area contributed by atoms with Crippen molar-refractivity contribution in [2.75, 3.05) is 0 Å². The lowest BCUT2D eigenvalue weighted by molar-refractivity contribution is 0.493. The second kappa shape index (κ2) is 4.49. The van der Waals surface area contributed by atoms with E-state index in [2.05, 4.69) is 4.98 Å². The van der Waals surface area contributed by atoms with Crippen molar-refractivity contribution >= 4 is 23.3 Å². The molecule has 0 aliphatic rings. The number of rotatable bonds is 1. The van der Waals surface area contributed by atoms with Gasteiger partial charge in [0, 0.05) is 12.1 Å². The number of nitrogens with zero attached hydrogens (tertiary/aromatic N) is 1. The van der Waals surface area contributed by atoms with Crippen molar-refractivity contribution in [2.45, 2.75) is 6.92 Å². The Labute approximate surface area is 117 Å². The molecule has 0 amide bonds. The van der Waals surface area contributed by atoms with E-state index in [9.17, 15) is 13.2 Å². The molecule has 1 N–H and O–H groups in total. The van der Waals surface area contributed by atoms with Crippen molar-refractivity contribution in [3.8, 4) is 5.69 Å². The van der Waals surface area contributed by atoms with E-state index in [-0.39, 0.29) is 10.5 Å². The zero-order valence-electron chi connectivity index (χ0n) is 10.4. The predicted molar refractivity (Wildman–Crippen MR) is 73.1 cm³/mol. The van der Waals surface area contributed by atoms with Crippen molar-refractivity contribution in [3.05, 3.63) is 58.1 Å². The fourth-order valence-electron chi connectivity index (χ4n) is 2.14. The Morgan fingerprint density at radius 1 is 1.00 bits per heavy atom. The molecule has 20 heavy (non-hydrogen) atoms. The maximum Gasteiger partial charge on any atom is 0.182 e. The van der Waals surface area contributed by atoms with Crippen LogP contribution in [0.15, 0.2) is 30.3 Å². The molecule has 3 aromatic rings. The largest absolute Gasteiger partial charge is 0.330 e. The van der Waals surface area contributed by atoms with Gasteiger partial charge in [-0.15, -0.1) is 0 Å². The minimum Gasteiger partial charge on any atom is -0.330 e. The van der Waals surface area contributed by atoms with Crippen molar-refractivity contribution in [2.24, 2.45) is 0 Å². The number of hydrogen-bond donors (Lipinski definition) is 1. The van der Waals surface area contributed by atoms with Crippen molar-refractivity contribution in [1.29, 1.82) is 0 Å². The number of imidazole rings is 1. The molecular weight excluding hydrogens is 285 g/mol. The SMILES string of the molecule is Cc1ccc2[nH]c(=S)n(-c3cc(F)c(F)cc3F)c2c1. The summed E-state index contributed by atoms with van der Waals surface area (Å²) in [5, 5.41) is 0. The van der Waals surface area contributed by atoms with Gasteiger partial charge in [-0.3, -0.25) is 4.57 Å². The van der Waals surface area contributed by atoms with Gasteiger partial charge >= 0.3 is 0 Å². The van der Waals surface area contributed by atoms with Crippen LogP contribution in [0, 0.1) is 29.1 Å². The van der Waals surface area contributed by atoms with Crippen LogP contribution in [0.5, 0.6) is 0 Å². The van der Waals surface area contributed by atoms with E-state index in [4.69, 9.17) is 12.2 Å². The molecule has 0 bridgehead atoms. The van der Waals surface area contributed by atoms with Gasteiger partial charge in [-0.2, -0.15) is 0 Å². The molecule has 0 aliphatic heterocycles. The van der Waals surface area contributed by atoms with Gasteiger partial charge in [-0.1, -0.05) is 6.07 Å². The minimum atomic E-state index is -1.23. The molecule has 0 unspecified atom stereocenters. The van der Waals surface area contributed by atoms with Crippen LogP contribution in [0.1, 0.15) is 5.56 Å². The molecule has 3 rings (SSSR count). The number of aryl methyl sites for hydroxylation is 1. The Morgan fingerprint density at radius 2 is 1.70 bits per heavy atom. The second-order valence-electron chi connectivity index (χ2n) is 4.50. The highest BCUT2D eigenvalue weighted by Crippen LogP contribution is 2.24. The zero-order chi connectivity index (χ0) is 14.4. The molecule has 0 saturated heterocycles. The lowest BCUT2D eigenvalue weighted by Gasteiger charge is -2.07. The molecule has 2 aromatic carbocycles. The van der Waals surface area contributed by atoms with Gasteiger partial charge in [0.2, 0.25) is 0 Å². The van der Waals surface area contributed by atoms with Gasteiger partial charge in [0.15, 0.2) is 16.4 Å². The summed E-state index contributed by atoms with van der Waals surface area (Å²) < 4.78 is 41.9. The molecule has 6 heteroatoms. The molecule has 1 heterocycles. The molecule has 0 saturated carbocycles. The van der Waals surface area contributed by atoms with Gasteiger partial charge in [0.05, 0.1) is 16.7 Å². The number of aromatic amines is 1. The summed E-state index contributed by atoms with van der Waals surface area (Å²) in [4.78, 5) is 2.91. The van der Waals surface area contributed by atoms with Crippen molar-refractivity contribution < 1.29 is 13.2 Å². The Morgan fingerprint density at radius 3 is 2.45 bits per heavy atom. The molecular formula is C14H9F3N2S. The third-order valence-corrected chi connectivity index (χ3v) is 3.35. The number of benzene rings is 2. The van der Waals surface area contributed by atoms with E-state index in [0.717, 1.165) is 11.6 Å². The summed E-state index contributed by atoms with van der Waals surface area (Å²) in [5.74, 6) is -3.22. The van der Waals surface area contributed by atoms with Crippen LogP contribution in [0.25, 0.3) is 16.7 Å². The third kappa shape index (κ3) is 1.92. The number of fused-ring (bicyclic) bond motifs is 1. The first kappa shape index (κ1) is 12.9. The Kier molecular flexibility index (Phi) is 2.90. The van der Waals surface area contributed by atoms with E-state index in [0.29, 0.717) is 17.1 Å². The molecule has 0 radical (unpaired) electrons. The van der Waals surface area contributed by atoms with Crippen LogP contribution in [0.2, 0.25) is 0 Å². The summed E-state index contributed by atoms with van der Waals surface area (Å²) in [5.41, 5.74) is 2.14. The number of nitrogens with one attached hydrogen (secondary N) is 1. The second-order valence-corrected chi connectivity index (χ2v) is 4.89. The van der Waals surface area contributed by atoms with Gasteiger partial charge in [-0.25, -0.2) is 13.2 Å². The number of aromatic nitrogens is 2. The standard InChI is InChI=1S/C14H9F3N2S/c1-7-2-3-11-13(4-7)19(14(20)18-11)12-6-9(16)8(15)5-10(12)17/h2-6H,1H3,(H,18,20). The normalized spacial score (nSPS) is 11.2. The summed E-state index contributed by atoms with van der Waals surface area (Å²) in [7, 11) is 0. The van der Waals surface area contributed by atoms with Crippen LogP contribution in [-0.4, -0.2) is 9.55 Å². The van der Waals surface area contributed by atoms with Crippen molar-refractivity contribution in [3.63, 3.8) is 0 Å². The van der Waals surface area contributed by atoms with E-state index in [1.807, 2.05) is 13.0 Å². The minimum absolute atomic E-state index is 0.120. The summed E-state index contributed by atoms with van der Waals surface area (Å²) in [6.45, 7) is 1.88. The molecule has 0 fully saturated rings. The van der Waals surface area contributed by atoms with Crippen LogP contribution < -0.4 is 0 Å². The summed E-state index contributed by atoms with van der Waals surface area (Å²) in [6.07, 6.45) is 0. The fourth-order valence-corrected chi connectivity index (χ4v) is 2.44. The highest BCUT2D eigenvalue weighted by Gasteiger charge is 2.15. The number of H-pyrrole nitrogens is 1. The zero-order valence-corrected chi connectivity index (χ0v) is 11.2. The van der Waals surface area contributed by atoms with E-state index < -0.39 is 17.5 Å². The Hall–Kier alpha value is -2.08. The third-order valence-electron chi connectivity index (χ3n) is 3.07. The van der Waals surface area contributed by atoms with Gasteiger partial charge < -0.3 is 4.98 Å². The fraction of sp³-hybridized carbons (Fsp3) is 0.0714. The van der Waals surface area contributed by atoms with Gasteiger partial charge in [0.1, 0.15) is 5.82 Å². The smallest absolute Gasteiger partial charge is 0.182 e. The predicted octanol–water partition coefficient (Wildman–Crippen LogP) is 4.41. The lowest BCUT2D eigenvalue weighted by atomic mass is 10.2. The highest BCUT2D eigenvalue weighted by molar-refractivity contribution is 7.71. The molecule has 0 atom stereocenters. The molecule has 0 aliphatic carbocycles. The van der Waals surface area contributed by atoms with Crippen LogP contribution in [0.4, 0.5) is 13.2 Å². The Bertz CT molecular complexity index is 880. The van der Waals surface area contributed by atoms with Gasteiger partial charge in [-0.05, 0) is 36.8 Å². The maximum absolute atomic E-state index is 13.9. The topological polar surface area (TPSA) is 20.7 Å². The molecule has 102 valence electrons. The summed E-state index contributed by atoms with van der Waals surface area (Å²) >= 11 is 5.14. The molecule has 2 nitrogen and oxygen atoms in total. The molecule has 1 aromatic heterocycles. The first-order valence-electron chi connectivity index (χ1n) is 5.83. The van der Waals surface area contributed by atoms with Crippen LogP contribution in [0.3, 0.4) is 0 Å². The summed E-state index contributed by atoms with van der Waals surface area (Å²) in [6, 6.07) is 6.79. The van der Waals surface area contributed by atoms with E-state index >= 15 is 0 Å². The average molecular weight is 294 g/mol. The average Bonchev–Trinajstić information content (AvgIpc) is 2.69. The monoisotopic (exact) mass is 294 g/mol. The molecule has 0 spiro atoms. The number of halogens is 3. The van der Waals surface area contributed by atoms with E-state index in [1.165, 1.54) is 4.57 Å². The van der Waals surface area contributed by atoms with Crippen LogP contribution in [-0.2, 0) is 0 Å². The number of hydrogen-bond acceptors (Lipinski definition) is 1. The maximum atomic E-state index is 13.9. The first-order valence-corrected chi connectivity index (χ1v) is 6.24. The quantitative estimate of drug-likeness (QED) is 0.520. The van der Waals surface area contributed by atoms with Crippen molar-refractivity contribution in [1.82, 2.24) is 9.55 Å². The lowest BCUT2D eigenvalue weighted by Crippen LogP contribution is -2.00.